The number of amides is 1. The number of hydrogen-bond donors (Lipinski definition) is 0. The Hall–Kier alpha value is -2.89. The molecule has 0 spiro atoms. The molecule has 6 heteroatoms. The number of pyridine rings is 2. The second-order valence-electron chi connectivity index (χ2n) is 7.38. The van der Waals surface area contributed by atoms with Crippen molar-refractivity contribution < 1.29 is 4.79 Å². The van der Waals surface area contributed by atoms with Gasteiger partial charge in [0.2, 0.25) is 0 Å². The molecular weight excluding hydrogens is 328 g/mol. The molecule has 1 saturated heterocycles. The van der Waals surface area contributed by atoms with Crippen LogP contribution in [0.15, 0.2) is 47.4 Å². The summed E-state index contributed by atoms with van der Waals surface area (Å²) in [6.07, 6.45) is 2.97. The first-order valence-corrected chi connectivity index (χ1v) is 9.04. The first-order valence-electron chi connectivity index (χ1n) is 9.04. The van der Waals surface area contributed by atoms with Crippen LogP contribution in [0.25, 0.3) is 5.65 Å². The Balaban J connectivity index is 1.49. The molecule has 3 aromatic heterocycles. The third kappa shape index (κ3) is 2.21. The minimum absolute atomic E-state index is 0.00683. The molecule has 2 aliphatic heterocycles. The maximum Gasteiger partial charge on any atom is 0.274 e. The fraction of sp³-hybridized carbons (Fsp3) is 0.350. The molecule has 1 fully saturated rings. The van der Waals surface area contributed by atoms with E-state index in [1.165, 1.54) is 0 Å². The Kier molecular flexibility index (Phi) is 3.29. The molecule has 3 aromatic rings. The first kappa shape index (κ1) is 15.4. The van der Waals surface area contributed by atoms with Crippen LogP contribution >= 0.6 is 0 Å². The zero-order valence-corrected chi connectivity index (χ0v) is 14.6. The van der Waals surface area contributed by atoms with Crippen LogP contribution < -0.4 is 5.56 Å². The molecule has 2 atom stereocenters. The largest absolute Gasteiger partial charge is 0.336 e. The van der Waals surface area contributed by atoms with Crippen molar-refractivity contribution in [2.75, 3.05) is 13.1 Å². The van der Waals surface area contributed by atoms with Crippen molar-refractivity contribution in [1.82, 2.24) is 18.9 Å². The normalized spacial score (nSPS) is 21.7. The predicted molar refractivity (Wildman–Crippen MR) is 97.4 cm³/mol. The fourth-order valence-corrected chi connectivity index (χ4v) is 4.53. The maximum absolute atomic E-state index is 13.2. The van der Waals surface area contributed by atoms with Crippen molar-refractivity contribution in [2.24, 2.45) is 5.92 Å². The quantitative estimate of drug-likeness (QED) is 0.676. The summed E-state index contributed by atoms with van der Waals surface area (Å²) in [7, 11) is 0. The van der Waals surface area contributed by atoms with E-state index in [1.807, 2.05) is 57.3 Å². The lowest BCUT2D eigenvalue weighted by Gasteiger charge is -2.42. The van der Waals surface area contributed by atoms with E-state index in [0.29, 0.717) is 31.2 Å². The van der Waals surface area contributed by atoms with Gasteiger partial charge in [-0.25, -0.2) is 4.98 Å². The lowest BCUT2D eigenvalue weighted by atomic mass is 9.83. The van der Waals surface area contributed by atoms with Crippen molar-refractivity contribution >= 4 is 11.6 Å². The van der Waals surface area contributed by atoms with Gasteiger partial charge < -0.3 is 13.9 Å². The van der Waals surface area contributed by atoms with E-state index in [0.717, 1.165) is 23.5 Å². The number of likely N-dealkylation sites (tertiary alicyclic amines) is 1. The number of carbonyl (C=O) groups is 1. The van der Waals surface area contributed by atoms with Crippen LogP contribution in [0.5, 0.6) is 0 Å². The van der Waals surface area contributed by atoms with Gasteiger partial charge in [0.05, 0.1) is 5.69 Å². The van der Waals surface area contributed by atoms with Gasteiger partial charge in [-0.15, -0.1) is 0 Å². The molecule has 0 aliphatic carbocycles. The van der Waals surface area contributed by atoms with Crippen molar-refractivity contribution in [3.05, 3.63) is 70.0 Å². The SMILES string of the molecule is Cc1c(C(=O)N2C[C@@H]3C[C@H](C2)c2cccc(=O)n2C3)nc2ccccn12. The zero-order valence-electron chi connectivity index (χ0n) is 14.6. The fourth-order valence-electron chi connectivity index (χ4n) is 4.53. The number of hydrogen-bond acceptors (Lipinski definition) is 3. The molecule has 0 saturated carbocycles. The number of aryl methyl sites for hydroxylation is 1. The number of piperidine rings is 1. The van der Waals surface area contributed by atoms with Crippen LogP contribution in [0.1, 0.15) is 34.2 Å². The molecule has 26 heavy (non-hydrogen) atoms. The molecular formula is C20H20N4O2. The number of rotatable bonds is 1. The van der Waals surface area contributed by atoms with E-state index < -0.39 is 0 Å². The number of imidazole rings is 1. The van der Waals surface area contributed by atoms with Gasteiger partial charge in [0.15, 0.2) is 0 Å². The summed E-state index contributed by atoms with van der Waals surface area (Å²) in [5.41, 5.74) is 3.31. The van der Waals surface area contributed by atoms with E-state index in [4.69, 9.17) is 0 Å². The molecule has 0 unspecified atom stereocenters. The monoisotopic (exact) mass is 348 g/mol. The molecule has 132 valence electrons. The minimum Gasteiger partial charge on any atom is -0.336 e. The van der Waals surface area contributed by atoms with Crippen molar-refractivity contribution in [1.29, 1.82) is 0 Å². The lowest BCUT2D eigenvalue weighted by molar-refractivity contribution is 0.0588. The van der Waals surface area contributed by atoms with Gasteiger partial charge in [-0.1, -0.05) is 12.1 Å². The second kappa shape index (κ2) is 5.56. The van der Waals surface area contributed by atoms with Gasteiger partial charge in [-0.2, -0.15) is 0 Å². The summed E-state index contributed by atoms with van der Waals surface area (Å²) in [6, 6.07) is 11.2. The highest BCUT2D eigenvalue weighted by Crippen LogP contribution is 2.35. The summed E-state index contributed by atoms with van der Waals surface area (Å²) >= 11 is 0. The Morgan fingerprint density at radius 1 is 1.12 bits per heavy atom. The van der Waals surface area contributed by atoms with Gasteiger partial charge in [-0.3, -0.25) is 9.59 Å². The van der Waals surface area contributed by atoms with E-state index in [9.17, 15) is 9.59 Å². The molecule has 1 amide bonds. The summed E-state index contributed by atoms with van der Waals surface area (Å²) in [6.45, 7) is 3.96. The molecule has 0 N–H and O–H groups in total. The third-order valence-electron chi connectivity index (χ3n) is 5.74. The predicted octanol–water partition coefficient (Wildman–Crippen LogP) is 2.06. The van der Waals surface area contributed by atoms with Gasteiger partial charge in [-0.05, 0) is 37.5 Å². The molecule has 0 radical (unpaired) electrons. The van der Waals surface area contributed by atoms with Gasteiger partial charge in [0.1, 0.15) is 11.3 Å². The highest BCUT2D eigenvalue weighted by atomic mass is 16.2. The Morgan fingerprint density at radius 3 is 2.85 bits per heavy atom. The standard InChI is InChI=1S/C20H20N4O2/c1-13-19(21-17-6-2-3-8-23(13)17)20(26)22-10-14-9-15(12-22)16-5-4-7-18(25)24(16)11-14/h2-8,14-15H,9-12H2,1H3/t14-,15+/m0/s1. The van der Waals surface area contributed by atoms with Crippen LogP contribution in [-0.2, 0) is 6.54 Å². The van der Waals surface area contributed by atoms with E-state index in [-0.39, 0.29) is 17.4 Å². The molecule has 2 aliphatic rings. The third-order valence-corrected chi connectivity index (χ3v) is 5.74. The topological polar surface area (TPSA) is 59.6 Å². The Bertz CT molecular complexity index is 1080. The molecule has 5 rings (SSSR count). The summed E-state index contributed by atoms with van der Waals surface area (Å²) in [4.78, 5) is 31.8. The van der Waals surface area contributed by atoms with Gasteiger partial charge in [0.25, 0.3) is 11.5 Å². The highest BCUT2D eigenvalue weighted by molar-refractivity contribution is 5.94. The zero-order chi connectivity index (χ0) is 17.8. The van der Waals surface area contributed by atoms with Crippen LogP contribution in [0.4, 0.5) is 0 Å². The average molecular weight is 348 g/mol. The second-order valence-corrected chi connectivity index (χ2v) is 7.38. The van der Waals surface area contributed by atoms with Crippen LogP contribution in [0, 0.1) is 12.8 Å². The van der Waals surface area contributed by atoms with Crippen molar-refractivity contribution in [2.45, 2.75) is 25.8 Å². The van der Waals surface area contributed by atoms with Crippen molar-refractivity contribution in [3.63, 3.8) is 0 Å². The lowest BCUT2D eigenvalue weighted by Crippen LogP contribution is -2.49. The summed E-state index contributed by atoms with van der Waals surface area (Å²) in [5, 5.41) is 0. The number of aromatic nitrogens is 3. The Labute approximate surface area is 150 Å². The molecule has 2 bridgehead atoms. The van der Waals surface area contributed by atoms with Crippen LogP contribution in [0.2, 0.25) is 0 Å². The number of fused-ring (bicyclic) bond motifs is 5. The number of carbonyl (C=O) groups excluding carboxylic acids is 1. The summed E-state index contributed by atoms with van der Waals surface area (Å²) in [5.74, 6) is 0.535. The first-order chi connectivity index (χ1) is 12.6. The maximum atomic E-state index is 13.2. The average Bonchev–Trinajstić information content (AvgIpc) is 2.99. The van der Waals surface area contributed by atoms with E-state index >= 15 is 0 Å². The van der Waals surface area contributed by atoms with Gasteiger partial charge in [0, 0.05) is 43.5 Å². The van der Waals surface area contributed by atoms with Gasteiger partial charge >= 0.3 is 0 Å². The smallest absolute Gasteiger partial charge is 0.274 e. The van der Waals surface area contributed by atoms with Crippen molar-refractivity contribution in [3.8, 4) is 0 Å². The minimum atomic E-state index is -0.00683. The van der Waals surface area contributed by atoms with E-state index in [1.54, 1.807) is 6.07 Å². The molecule has 6 nitrogen and oxygen atoms in total. The molecule has 5 heterocycles. The van der Waals surface area contributed by atoms with E-state index in [2.05, 4.69) is 4.98 Å². The molecule has 0 aromatic carbocycles. The van der Waals surface area contributed by atoms with Crippen LogP contribution in [0.3, 0.4) is 0 Å². The van der Waals surface area contributed by atoms with Crippen LogP contribution in [-0.4, -0.2) is 37.8 Å². The highest BCUT2D eigenvalue weighted by Gasteiger charge is 2.37. The Morgan fingerprint density at radius 2 is 2.00 bits per heavy atom. The summed E-state index contributed by atoms with van der Waals surface area (Å²) < 4.78 is 3.84. The number of nitrogens with zero attached hydrogens (tertiary/aromatic N) is 4.